The molecule has 0 bridgehead atoms. The van der Waals surface area contributed by atoms with E-state index in [0.717, 1.165) is 12.1 Å². The minimum absolute atomic E-state index is 0.119. The Balaban J connectivity index is 2.27. The lowest BCUT2D eigenvalue weighted by Crippen LogP contribution is -2.31. The van der Waals surface area contributed by atoms with Gasteiger partial charge < -0.3 is 15.2 Å². The topological polar surface area (TPSA) is 75.6 Å². The summed E-state index contributed by atoms with van der Waals surface area (Å²) >= 11 is 0. The van der Waals surface area contributed by atoms with E-state index in [0.29, 0.717) is 0 Å². The molecule has 0 aromatic heterocycles. The maximum atomic E-state index is 13.1. The molecule has 5 nitrogen and oxygen atoms in total. The van der Waals surface area contributed by atoms with Crippen molar-refractivity contribution >= 4 is 17.6 Å². The van der Waals surface area contributed by atoms with Crippen LogP contribution < -0.4 is 10.1 Å². The number of alkyl halides is 3. The van der Waals surface area contributed by atoms with E-state index in [4.69, 9.17) is 9.84 Å². The van der Waals surface area contributed by atoms with Gasteiger partial charge in [0.15, 0.2) is 0 Å². The number of halogens is 3. The van der Waals surface area contributed by atoms with Crippen LogP contribution in [0.1, 0.15) is 32.3 Å². The predicted molar refractivity (Wildman–Crippen MR) is 75.1 cm³/mol. The van der Waals surface area contributed by atoms with Gasteiger partial charge in [-0.1, -0.05) is 0 Å². The van der Waals surface area contributed by atoms with E-state index in [1.165, 1.54) is 6.07 Å². The Morgan fingerprint density at radius 2 is 1.91 bits per heavy atom. The van der Waals surface area contributed by atoms with Gasteiger partial charge in [0.25, 0.3) is 0 Å². The lowest BCUT2D eigenvalue weighted by atomic mass is 10.1. The highest BCUT2D eigenvalue weighted by Crippen LogP contribution is 2.47. The zero-order chi connectivity index (χ0) is 17.4. The van der Waals surface area contributed by atoms with Gasteiger partial charge in [-0.05, 0) is 44.9 Å². The summed E-state index contributed by atoms with van der Waals surface area (Å²) in [6.07, 6.45) is -4.75. The number of rotatable bonds is 5. The fourth-order valence-corrected chi connectivity index (χ4v) is 2.10. The Bertz CT molecular complexity index is 636. The summed E-state index contributed by atoms with van der Waals surface area (Å²) in [5, 5.41) is 11.3. The van der Waals surface area contributed by atoms with Gasteiger partial charge in [-0.15, -0.1) is 0 Å². The third kappa shape index (κ3) is 3.57. The van der Waals surface area contributed by atoms with Crippen molar-refractivity contribution in [1.82, 2.24) is 0 Å². The van der Waals surface area contributed by atoms with Crippen LogP contribution in [-0.2, 0) is 15.8 Å². The van der Waals surface area contributed by atoms with Crippen molar-refractivity contribution in [3.8, 4) is 5.75 Å². The molecule has 23 heavy (non-hydrogen) atoms. The second-order valence-corrected chi connectivity index (χ2v) is 5.72. The summed E-state index contributed by atoms with van der Waals surface area (Å²) in [5.41, 5.74) is -2.67. The van der Waals surface area contributed by atoms with Crippen LogP contribution >= 0.6 is 0 Å². The summed E-state index contributed by atoms with van der Waals surface area (Å²) < 4.78 is 44.4. The quantitative estimate of drug-likeness (QED) is 0.812. The monoisotopic (exact) mass is 331 g/mol. The number of aliphatic carboxylic acids is 1. The Hall–Kier alpha value is -2.25. The fraction of sp³-hybridized carbons (Fsp3) is 0.467. The number of hydrogen-bond donors (Lipinski definition) is 2. The third-order valence-electron chi connectivity index (χ3n) is 3.50. The largest absolute Gasteiger partial charge is 0.490 e. The number of ether oxygens (including phenoxy) is 1. The van der Waals surface area contributed by atoms with Crippen molar-refractivity contribution in [3.05, 3.63) is 23.8 Å². The molecular weight excluding hydrogens is 315 g/mol. The third-order valence-corrected chi connectivity index (χ3v) is 3.50. The first-order valence-electron chi connectivity index (χ1n) is 6.99. The van der Waals surface area contributed by atoms with Crippen molar-refractivity contribution in [3.63, 3.8) is 0 Å². The summed E-state index contributed by atoms with van der Waals surface area (Å²) in [4.78, 5) is 23.0. The smallest absolute Gasteiger partial charge is 0.420 e. The predicted octanol–water partition coefficient (Wildman–Crippen LogP) is 3.30. The Labute approximate surface area is 130 Å². The van der Waals surface area contributed by atoms with Crippen molar-refractivity contribution in [2.75, 3.05) is 5.32 Å². The molecule has 0 atom stereocenters. The number of amides is 1. The van der Waals surface area contributed by atoms with Gasteiger partial charge in [-0.25, -0.2) is 0 Å². The molecular formula is C15H16F3NO4. The van der Waals surface area contributed by atoms with Crippen LogP contribution in [0.15, 0.2) is 18.2 Å². The Morgan fingerprint density at radius 3 is 2.35 bits per heavy atom. The molecule has 1 aromatic rings. The highest BCUT2D eigenvalue weighted by Gasteiger charge is 2.57. The van der Waals surface area contributed by atoms with E-state index >= 15 is 0 Å². The van der Waals surface area contributed by atoms with Crippen LogP contribution in [0.25, 0.3) is 0 Å². The number of nitrogens with one attached hydrogen (secondary N) is 1. The molecule has 0 heterocycles. The van der Waals surface area contributed by atoms with Crippen LogP contribution in [0.4, 0.5) is 18.9 Å². The second-order valence-electron chi connectivity index (χ2n) is 5.72. The molecule has 1 fully saturated rings. The molecule has 1 aromatic carbocycles. The van der Waals surface area contributed by atoms with Gasteiger partial charge in [-0.2, -0.15) is 13.2 Å². The first-order valence-corrected chi connectivity index (χ1v) is 6.99. The molecule has 0 radical (unpaired) electrons. The highest BCUT2D eigenvalue weighted by molar-refractivity contribution is 6.10. The van der Waals surface area contributed by atoms with E-state index in [1.807, 2.05) is 0 Å². The van der Waals surface area contributed by atoms with E-state index in [2.05, 4.69) is 5.32 Å². The molecule has 1 amide bonds. The van der Waals surface area contributed by atoms with Crippen molar-refractivity contribution in [2.24, 2.45) is 5.41 Å². The SMILES string of the molecule is CC(C)Oc1ccc(NC(=O)C2(C(=O)O)CC2)cc1C(F)(F)F. The zero-order valence-electron chi connectivity index (χ0n) is 12.5. The van der Waals surface area contributed by atoms with Gasteiger partial charge in [0.2, 0.25) is 5.91 Å². The van der Waals surface area contributed by atoms with Crippen molar-refractivity contribution in [2.45, 2.75) is 39.0 Å². The number of carbonyl (C=O) groups is 2. The number of carbonyl (C=O) groups excluding carboxylic acids is 1. The summed E-state index contributed by atoms with van der Waals surface area (Å²) in [6, 6.07) is 3.11. The fourth-order valence-electron chi connectivity index (χ4n) is 2.10. The minimum atomic E-state index is -4.66. The molecule has 2 N–H and O–H groups in total. The van der Waals surface area contributed by atoms with E-state index in [-0.39, 0.29) is 24.3 Å². The molecule has 1 saturated carbocycles. The molecule has 8 heteroatoms. The first-order chi connectivity index (χ1) is 10.6. The molecule has 2 rings (SSSR count). The number of hydrogen-bond acceptors (Lipinski definition) is 3. The second kappa shape index (κ2) is 5.75. The van der Waals surface area contributed by atoms with Gasteiger partial charge in [0.05, 0.1) is 11.7 Å². The number of anilines is 1. The standard InChI is InChI=1S/C15H16F3NO4/c1-8(2)23-11-4-3-9(7-10(11)15(16,17)18)19-12(20)14(5-6-14)13(21)22/h3-4,7-8H,5-6H2,1-2H3,(H,19,20)(H,21,22). The van der Waals surface area contributed by atoms with Crippen LogP contribution in [0.5, 0.6) is 5.75 Å². The van der Waals surface area contributed by atoms with Crippen LogP contribution in [0.3, 0.4) is 0 Å². The Morgan fingerprint density at radius 1 is 1.30 bits per heavy atom. The zero-order valence-corrected chi connectivity index (χ0v) is 12.5. The van der Waals surface area contributed by atoms with E-state index in [9.17, 15) is 22.8 Å². The van der Waals surface area contributed by atoms with E-state index in [1.54, 1.807) is 13.8 Å². The maximum Gasteiger partial charge on any atom is 0.420 e. The number of carboxylic acid groups (broad SMARTS) is 1. The van der Waals surface area contributed by atoms with Crippen LogP contribution in [0.2, 0.25) is 0 Å². The summed E-state index contributed by atoms with van der Waals surface area (Å²) in [7, 11) is 0. The minimum Gasteiger partial charge on any atom is -0.490 e. The summed E-state index contributed by atoms with van der Waals surface area (Å²) in [5.74, 6) is -2.42. The number of carboxylic acids is 1. The van der Waals surface area contributed by atoms with Crippen molar-refractivity contribution in [1.29, 1.82) is 0 Å². The highest BCUT2D eigenvalue weighted by atomic mass is 19.4. The van der Waals surface area contributed by atoms with Crippen LogP contribution in [-0.4, -0.2) is 23.1 Å². The first kappa shape index (κ1) is 17.1. The van der Waals surface area contributed by atoms with Crippen LogP contribution in [0, 0.1) is 5.41 Å². The average molecular weight is 331 g/mol. The van der Waals surface area contributed by atoms with E-state index < -0.39 is 35.1 Å². The molecule has 0 saturated heterocycles. The molecule has 0 aliphatic heterocycles. The maximum absolute atomic E-state index is 13.1. The normalized spacial score (nSPS) is 16.1. The molecule has 1 aliphatic carbocycles. The Kier molecular flexibility index (Phi) is 4.28. The molecule has 126 valence electrons. The summed E-state index contributed by atoms with van der Waals surface area (Å²) in [6.45, 7) is 3.19. The number of benzene rings is 1. The van der Waals surface area contributed by atoms with Gasteiger partial charge in [0.1, 0.15) is 11.2 Å². The molecule has 0 spiro atoms. The molecule has 0 unspecified atom stereocenters. The van der Waals surface area contributed by atoms with Gasteiger partial charge >= 0.3 is 12.1 Å². The lowest BCUT2D eigenvalue weighted by Gasteiger charge is -2.18. The average Bonchev–Trinajstić information content (AvgIpc) is 3.20. The van der Waals surface area contributed by atoms with Gasteiger partial charge in [-0.3, -0.25) is 9.59 Å². The lowest BCUT2D eigenvalue weighted by molar-refractivity contribution is -0.147. The van der Waals surface area contributed by atoms with Gasteiger partial charge in [0, 0.05) is 5.69 Å². The molecule has 1 aliphatic rings. The van der Waals surface area contributed by atoms with Crippen molar-refractivity contribution < 1.29 is 32.6 Å².